The molecule has 0 N–H and O–H groups in total. The molecule has 3 nitrogen and oxygen atoms in total. The third kappa shape index (κ3) is 11.1. The number of ketones is 1. The van der Waals surface area contributed by atoms with Gasteiger partial charge < -0.3 is 9.53 Å². The Morgan fingerprint density at radius 2 is 1.72 bits per heavy atom. The normalized spacial score (nSPS) is 9.56. The van der Waals surface area contributed by atoms with Gasteiger partial charge in [-0.2, -0.15) is 0 Å². The lowest BCUT2D eigenvalue weighted by atomic mass is 10.0. The summed E-state index contributed by atoms with van der Waals surface area (Å²) in [4.78, 5) is 19.1. The Morgan fingerprint density at radius 3 is 2.22 bits per heavy atom. The molecule has 0 aromatic heterocycles. The fraction of sp³-hybridized carbons (Fsp3) is 0.231. The van der Waals surface area contributed by atoms with E-state index in [-0.39, 0.29) is 11.6 Å². The minimum absolute atomic E-state index is 0.0648. The molecule has 0 aliphatic rings. The van der Waals surface area contributed by atoms with E-state index in [1.165, 1.54) is 12.1 Å². The molecule has 2 aromatic carbocycles. The average molecular weight is 481 g/mol. The van der Waals surface area contributed by atoms with Crippen molar-refractivity contribution in [3.05, 3.63) is 88.2 Å². The Morgan fingerprint density at radius 1 is 1.12 bits per heavy atom. The van der Waals surface area contributed by atoms with Gasteiger partial charge in [-0.3, -0.25) is 4.79 Å². The molecule has 0 atom stereocenters. The van der Waals surface area contributed by atoms with E-state index >= 15 is 0 Å². The van der Waals surface area contributed by atoms with Crippen LogP contribution >= 0.6 is 23.2 Å². The quantitative estimate of drug-likeness (QED) is 0.390. The van der Waals surface area contributed by atoms with Crippen LogP contribution in [0.1, 0.15) is 45.2 Å². The highest BCUT2D eigenvalue weighted by Gasteiger charge is 2.07. The predicted molar refractivity (Wildman–Crippen MR) is 136 cm³/mol. The van der Waals surface area contributed by atoms with E-state index in [0.29, 0.717) is 27.8 Å². The minimum Gasteiger partial charge on any atom is -0.496 e. The number of rotatable bonds is 6. The van der Waals surface area contributed by atoms with Gasteiger partial charge in [-0.1, -0.05) is 74.5 Å². The van der Waals surface area contributed by atoms with Crippen molar-refractivity contribution in [3.8, 4) is 5.75 Å². The predicted octanol–water partition coefficient (Wildman–Crippen LogP) is 8.25. The van der Waals surface area contributed by atoms with Crippen molar-refractivity contribution in [2.24, 2.45) is 0 Å². The van der Waals surface area contributed by atoms with Gasteiger partial charge >= 0.3 is 0 Å². The molecule has 0 fully saturated rings. The maximum atomic E-state index is 12.6. The SMILES string of the molecule is C=C(C/C=C(\C)C(C)=O)c1cccc(Cl)c1Cl.C=Cc1cc(F)ccc1OC.C=O.CC. The number of Topliss-reactive ketones (excluding diaryl/α,β-unsaturated/α-hetero) is 1. The average Bonchev–Trinajstić information content (AvgIpc) is 2.81. The molecule has 0 aliphatic heterocycles. The van der Waals surface area contributed by atoms with Gasteiger partial charge in [0.1, 0.15) is 18.4 Å². The van der Waals surface area contributed by atoms with E-state index in [0.717, 1.165) is 16.7 Å². The number of ether oxygens (including phenoxy) is 1. The molecule has 0 amide bonds. The Hall–Kier alpha value is -2.69. The summed E-state index contributed by atoms with van der Waals surface area (Å²) < 4.78 is 17.5. The zero-order valence-corrected chi connectivity index (χ0v) is 20.8. The summed E-state index contributed by atoms with van der Waals surface area (Å²) in [6.45, 7) is 16.8. The molecule has 0 bridgehead atoms. The van der Waals surface area contributed by atoms with Gasteiger partial charge in [0.15, 0.2) is 5.78 Å². The second-order valence-electron chi connectivity index (χ2n) is 5.94. The molecule has 174 valence electrons. The van der Waals surface area contributed by atoms with Crippen molar-refractivity contribution in [1.82, 2.24) is 0 Å². The number of hydrogen-bond donors (Lipinski definition) is 0. The maximum Gasteiger partial charge on any atom is 0.155 e. The van der Waals surface area contributed by atoms with Gasteiger partial charge in [-0.15, -0.1) is 0 Å². The van der Waals surface area contributed by atoms with Crippen LogP contribution < -0.4 is 4.74 Å². The van der Waals surface area contributed by atoms with Crippen molar-refractivity contribution in [1.29, 1.82) is 0 Å². The van der Waals surface area contributed by atoms with Crippen LogP contribution in [-0.2, 0) is 9.59 Å². The fourth-order valence-corrected chi connectivity index (χ4v) is 2.61. The zero-order chi connectivity index (χ0) is 25.3. The number of carbonyl (C=O) groups excluding carboxylic acids is 2. The summed E-state index contributed by atoms with van der Waals surface area (Å²) in [5.74, 6) is 0.428. The van der Waals surface area contributed by atoms with Gasteiger partial charge in [-0.25, -0.2) is 4.39 Å². The first-order valence-electron chi connectivity index (χ1n) is 9.76. The molecule has 6 heteroatoms. The molecule has 0 saturated heterocycles. The number of halogens is 3. The molecule has 2 aromatic rings. The number of methoxy groups -OCH3 is 1. The highest BCUT2D eigenvalue weighted by Crippen LogP contribution is 2.31. The van der Waals surface area contributed by atoms with E-state index in [1.54, 1.807) is 39.2 Å². The standard InChI is InChI=1S/C14H14Cl2O.C9H9FO.C2H6.CH2O/c1-9(11(3)17)7-8-10(2)12-5-4-6-13(15)14(12)16;1-3-7-6-8(10)4-5-9(7)11-2;2*1-2/h4-7H,2,8H2,1,3H3;3-6H,1H2,2H3;1-2H3;1H2/b9-7+;;;. The minimum atomic E-state index is -0.277. The first-order chi connectivity index (χ1) is 15.2. The lowest BCUT2D eigenvalue weighted by molar-refractivity contribution is -0.113. The van der Waals surface area contributed by atoms with Crippen molar-refractivity contribution < 1.29 is 18.7 Å². The molecule has 0 radical (unpaired) electrons. The first kappa shape index (κ1) is 31.5. The highest BCUT2D eigenvalue weighted by molar-refractivity contribution is 6.43. The Kier molecular flexibility index (Phi) is 17.7. The molecule has 0 saturated carbocycles. The van der Waals surface area contributed by atoms with E-state index in [2.05, 4.69) is 13.2 Å². The summed E-state index contributed by atoms with van der Waals surface area (Å²) in [5, 5.41) is 1.02. The highest BCUT2D eigenvalue weighted by atomic mass is 35.5. The van der Waals surface area contributed by atoms with Crippen LogP contribution in [0.2, 0.25) is 10.0 Å². The molecule has 0 spiro atoms. The van der Waals surface area contributed by atoms with Crippen LogP contribution in [-0.4, -0.2) is 19.7 Å². The number of benzene rings is 2. The van der Waals surface area contributed by atoms with Gasteiger partial charge in [0, 0.05) is 5.56 Å². The second kappa shape index (κ2) is 17.9. The lowest BCUT2D eigenvalue weighted by Gasteiger charge is -2.07. The van der Waals surface area contributed by atoms with Crippen molar-refractivity contribution in [3.63, 3.8) is 0 Å². The lowest BCUT2D eigenvalue weighted by Crippen LogP contribution is -1.92. The van der Waals surface area contributed by atoms with Crippen LogP contribution in [0.4, 0.5) is 4.39 Å². The van der Waals surface area contributed by atoms with E-state index in [4.69, 9.17) is 32.7 Å². The van der Waals surface area contributed by atoms with Crippen molar-refractivity contribution in [2.75, 3.05) is 7.11 Å². The molecule has 0 unspecified atom stereocenters. The van der Waals surface area contributed by atoms with Crippen molar-refractivity contribution >= 4 is 47.4 Å². The first-order valence-corrected chi connectivity index (χ1v) is 10.5. The van der Waals surface area contributed by atoms with Gasteiger partial charge in [-0.05, 0) is 61.2 Å². The molecular formula is C26H31Cl2FO3. The summed E-state index contributed by atoms with van der Waals surface area (Å²) in [6, 6.07) is 9.74. The van der Waals surface area contributed by atoms with E-state index in [1.807, 2.05) is 38.8 Å². The number of carbonyl (C=O) groups is 2. The largest absolute Gasteiger partial charge is 0.496 e. The molecule has 0 heterocycles. The number of allylic oxidation sites excluding steroid dienone is 3. The topological polar surface area (TPSA) is 43.4 Å². The molecule has 32 heavy (non-hydrogen) atoms. The van der Waals surface area contributed by atoms with E-state index < -0.39 is 0 Å². The van der Waals surface area contributed by atoms with Gasteiger partial charge in [0.2, 0.25) is 0 Å². The van der Waals surface area contributed by atoms with Crippen LogP contribution in [0, 0.1) is 5.82 Å². The molecule has 0 aliphatic carbocycles. The summed E-state index contributed by atoms with van der Waals surface area (Å²) >= 11 is 12.0. The molecule has 2 rings (SSSR count). The fourth-order valence-electron chi connectivity index (χ4n) is 2.17. The summed E-state index contributed by atoms with van der Waals surface area (Å²) in [5.41, 5.74) is 3.07. The Bertz CT molecular complexity index is 921. The van der Waals surface area contributed by atoms with Gasteiger partial charge in [0.05, 0.1) is 17.2 Å². The van der Waals surface area contributed by atoms with Gasteiger partial charge in [0.25, 0.3) is 0 Å². The summed E-state index contributed by atoms with van der Waals surface area (Å²) in [7, 11) is 1.54. The van der Waals surface area contributed by atoms with Crippen LogP contribution in [0.5, 0.6) is 5.75 Å². The maximum absolute atomic E-state index is 12.6. The van der Waals surface area contributed by atoms with Crippen LogP contribution in [0.3, 0.4) is 0 Å². The monoisotopic (exact) mass is 480 g/mol. The van der Waals surface area contributed by atoms with Crippen LogP contribution in [0.25, 0.3) is 11.6 Å². The third-order valence-electron chi connectivity index (χ3n) is 3.95. The Balaban J connectivity index is 0. The van der Waals surface area contributed by atoms with Crippen LogP contribution in [0.15, 0.2) is 61.2 Å². The third-order valence-corrected chi connectivity index (χ3v) is 4.77. The number of hydrogen-bond acceptors (Lipinski definition) is 3. The summed E-state index contributed by atoms with van der Waals surface area (Å²) in [6.07, 6.45) is 4.00. The Labute approximate surface area is 201 Å². The van der Waals surface area contributed by atoms with Crippen molar-refractivity contribution in [2.45, 2.75) is 34.1 Å². The second-order valence-corrected chi connectivity index (χ2v) is 6.73. The zero-order valence-electron chi connectivity index (χ0n) is 19.3. The smallest absolute Gasteiger partial charge is 0.155 e. The molecular weight excluding hydrogens is 450 g/mol. The van der Waals surface area contributed by atoms with E-state index in [9.17, 15) is 9.18 Å².